The van der Waals surface area contributed by atoms with E-state index in [1.807, 2.05) is 72.5 Å². The predicted molar refractivity (Wildman–Crippen MR) is 255 cm³/mol. The van der Waals surface area contributed by atoms with Crippen LogP contribution in [-0.2, 0) is 27.4 Å². The van der Waals surface area contributed by atoms with Gasteiger partial charge >= 0.3 is 11.9 Å². The maximum atomic E-state index is 11.9. The Morgan fingerprint density at radius 1 is 0.576 bits per heavy atom. The molecule has 0 unspecified atom stereocenters. The number of rotatable bonds is 13. The van der Waals surface area contributed by atoms with Gasteiger partial charge in [0, 0.05) is 13.1 Å². The molecule has 1 N–H and O–H groups in total. The summed E-state index contributed by atoms with van der Waals surface area (Å²) in [4.78, 5) is 27.6. The van der Waals surface area contributed by atoms with E-state index in [1.165, 1.54) is 25.7 Å². The molecule has 4 aliphatic rings. The molecule has 0 amide bonds. The molecule has 2 aliphatic heterocycles. The zero-order valence-electron chi connectivity index (χ0n) is 40.7. The van der Waals surface area contributed by atoms with Crippen molar-refractivity contribution >= 4 is 11.9 Å². The summed E-state index contributed by atoms with van der Waals surface area (Å²) in [6.07, 6.45) is 17.1. The van der Waals surface area contributed by atoms with E-state index in [0.29, 0.717) is 49.0 Å². The molecular formula is C52H76N8O6. The van der Waals surface area contributed by atoms with Gasteiger partial charge in [0.05, 0.1) is 65.8 Å². The Morgan fingerprint density at radius 3 is 1.30 bits per heavy atom. The smallest absolute Gasteiger partial charge is 0.309 e. The largest absolute Gasteiger partial charge is 0.490 e. The SMILES string of the molecule is CC(C)(C)C1CCC(Oc2ccc(-n3cc(CN4CCC(C(=O)O)CC4)nn3)cc2)CC1.CCOC(=O)C1CCN(Cc2cn(-c3ccc(OC4CCC(C(C)(C)C)CC4)cc3)nn2)CC1. The van der Waals surface area contributed by atoms with E-state index in [1.54, 1.807) is 4.68 Å². The van der Waals surface area contributed by atoms with Crippen molar-refractivity contribution in [2.75, 3.05) is 32.8 Å². The number of hydrogen-bond donors (Lipinski definition) is 1. The van der Waals surface area contributed by atoms with Crippen LogP contribution in [0.25, 0.3) is 11.4 Å². The average molecular weight is 909 g/mol. The molecule has 360 valence electrons. The van der Waals surface area contributed by atoms with E-state index in [2.05, 4.69) is 72.0 Å². The molecule has 4 fully saturated rings. The summed E-state index contributed by atoms with van der Waals surface area (Å²) in [6.45, 7) is 21.1. The van der Waals surface area contributed by atoms with E-state index in [4.69, 9.17) is 19.3 Å². The van der Waals surface area contributed by atoms with Crippen molar-refractivity contribution in [1.82, 2.24) is 39.8 Å². The van der Waals surface area contributed by atoms with Gasteiger partial charge in [-0.25, -0.2) is 9.36 Å². The van der Waals surface area contributed by atoms with Gasteiger partial charge in [-0.2, -0.15) is 0 Å². The van der Waals surface area contributed by atoms with Crippen molar-refractivity contribution in [3.63, 3.8) is 0 Å². The molecular weight excluding hydrogens is 833 g/mol. The van der Waals surface area contributed by atoms with Gasteiger partial charge in [-0.1, -0.05) is 52.0 Å². The fraction of sp³-hybridized carbons (Fsp3) is 0.654. The van der Waals surface area contributed by atoms with Crippen LogP contribution in [0.4, 0.5) is 0 Å². The van der Waals surface area contributed by atoms with E-state index in [0.717, 1.165) is 117 Å². The van der Waals surface area contributed by atoms with Gasteiger partial charge in [-0.3, -0.25) is 19.4 Å². The highest BCUT2D eigenvalue weighted by Crippen LogP contribution is 2.40. The van der Waals surface area contributed by atoms with E-state index < -0.39 is 5.97 Å². The Morgan fingerprint density at radius 2 is 0.955 bits per heavy atom. The van der Waals surface area contributed by atoms with Crippen molar-refractivity contribution in [2.45, 2.75) is 151 Å². The number of hydrogen-bond acceptors (Lipinski definition) is 11. The van der Waals surface area contributed by atoms with Crippen LogP contribution in [-0.4, -0.2) is 102 Å². The maximum Gasteiger partial charge on any atom is 0.309 e. The Hall–Kier alpha value is -4.82. The van der Waals surface area contributed by atoms with Crippen LogP contribution in [0.3, 0.4) is 0 Å². The first-order valence-corrected chi connectivity index (χ1v) is 24.8. The van der Waals surface area contributed by atoms with Crippen molar-refractivity contribution in [2.24, 2.45) is 34.5 Å². The average Bonchev–Trinajstić information content (AvgIpc) is 3.98. The second-order valence-corrected chi connectivity index (χ2v) is 21.4. The first-order chi connectivity index (χ1) is 31.6. The van der Waals surface area contributed by atoms with Gasteiger partial charge in [-0.05, 0) is 181 Å². The molecule has 0 radical (unpaired) electrons. The molecule has 0 spiro atoms. The summed E-state index contributed by atoms with van der Waals surface area (Å²) in [7, 11) is 0. The minimum atomic E-state index is -0.680. The lowest BCUT2D eigenvalue weighted by atomic mass is 9.72. The fourth-order valence-corrected chi connectivity index (χ4v) is 10.2. The third-order valence-electron chi connectivity index (χ3n) is 14.6. The Labute approximate surface area is 392 Å². The van der Waals surface area contributed by atoms with Crippen LogP contribution in [0.1, 0.15) is 137 Å². The molecule has 66 heavy (non-hydrogen) atoms. The van der Waals surface area contributed by atoms with Crippen LogP contribution in [0.2, 0.25) is 0 Å². The number of piperidine rings is 2. The number of esters is 1. The summed E-state index contributed by atoms with van der Waals surface area (Å²) < 4.78 is 21.3. The summed E-state index contributed by atoms with van der Waals surface area (Å²) in [6, 6.07) is 16.2. The Kier molecular flexibility index (Phi) is 16.6. The quantitative estimate of drug-likeness (QED) is 0.127. The molecule has 14 heteroatoms. The highest BCUT2D eigenvalue weighted by molar-refractivity contribution is 5.72. The monoisotopic (exact) mass is 909 g/mol. The number of aliphatic carboxylic acids is 1. The predicted octanol–water partition coefficient (Wildman–Crippen LogP) is 9.57. The molecule has 2 saturated carbocycles. The molecule has 0 bridgehead atoms. The molecule has 2 aliphatic carbocycles. The topological polar surface area (TPSA) is 150 Å². The normalized spacial score (nSPS) is 22.8. The van der Waals surface area contributed by atoms with E-state index in [-0.39, 0.29) is 17.8 Å². The molecule has 4 heterocycles. The number of carboxylic acids is 1. The second-order valence-electron chi connectivity index (χ2n) is 21.4. The summed E-state index contributed by atoms with van der Waals surface area (Å²) in [5.41, 5.74) is 4.54. The number of ether oxygens (including phenoxy) is 3. The number of benzene rings is 2. The van der Waals surface area contributed by atoms with Crippen molar-refractivity contribution in [3.8, 4) is 22.9 Å². The lowest BCUT2D eigenvalue weighted by molar-refractivity contribution is -0.149. The van der Waals surface area contributed by atoms with E-state index in [9.17, 15) is 9.59 Å². The molecule has 2 aromatic heterocycles. The highest BCUT2D eigenvalue weighted by Gasteiger charge is 2.32. The maximum absolute atomic E-state index is 11.9. The van der Waals surface area contributed by atoms with Crippen LogP contribution >= 0.6 is 0 Å². The highest BCUT2D eigenvalue weighted by atomic mass is 16.5. The number of nitrogens with zero attached hydrogens (tertiary/aromatic N) is 8. The van der Waals surface area contributed by atoms with Gasteiger partial charge in [0.25, 0.3) is 0 Å². The lowest BCUT2D eigenvalue weighted by Crippen LogP contribution is -2.36. The molecule has 14 nitrogen and oxygen atoms in total. The lowest BCUT2D eigenvalue weighted by Gasteiger charge is -2.36. The van der Waals surface area contributed by atoms with Crippen LogP contribution < -0.4 is 9.47 Å². The number of carboxylic acid groups (broad SMARTS) is 1. The van der Waals surface area contributed by atoms with E-state index >= 15 is 0 Å². The number of likely N-dealkylation sites (tertiary alicyclic amines) is 2. The van der Waals surface area contributed by atoms with Crippen molar-refractivity contribution in [3.05, 3.63) is 72.3 Å². The standard InChI is InChI=1S/C27H40N4O3.C25H36N4O3/c1-5-33-26(32)20-14-16-30(17-15-20)18-22-19-31(29-28-22)23-8-12-25(13-9-23)34-24-10-6-21(7-11-24)27(2,3)4;1-25(2,3)19-4-8-22(9-5-19)32-23-10-6-21(7-11-23)29-17-20(26-27-29)16-28-14-12-18(13-15-28)24(30)31/h8-9,12-13,19-21,24H,5-7,10-11,14-18H2,1-4H3;6-7,10-11,17-19,22H,4-5,8-9,12-16H2,1-3H3,(H,30,31). The van der Waals surface area contributed by atoms with Crippen LogP contribution in [0.15, 0.2) is 60.9 Å². The molecule has 0 atom stereocenters. The fourth-order valence-electron chi connectivity index (χ4n) is 10.2. The third-order valence-corrected chi connectivity index (χ3v) is 14.6. The number of carbonyl (C=O) groups excluding carboxylic acids is 1. The minimum absolute atomic E-state index is 0.0288. The second kappa shape index (κ2) is 22.3. The first kappa shape index (κ1) is 49.1. The number of carbonyl (C=O) groups is 2. The van der Waals surface area contributed by atoms with Crippen molar-refractivity contribution in [1.29, 1.82) is 0 Å². The molecule has 2 saturated heterocycles. The molecule has 8 rings (SSSR count). The molecule has 2 aromatic carbocycles. The van der Waals surface area contributed by atoms with Crippen molar-refractivity contribution < 1.29 is 28.9 Å². The summed E-state index contributed by atoms with van der Waals surface area (Å²) in [5, 5.41) is 26.4. The zero-order valence-corrected chi connectivity index (χ0v) is 40.7. The van der Waals surface area contributed by atoms with Gasteiger partial charge in [0.15, 0.2) is 0 Å². The van der Waals surface area contributed by atoms with Gasteiger partial charge in [0.1, 0.15) is 11.5 Å². The van der Waals surface area contributed by atoms with Gasteiger partial charge in [-0.15, -0.1) is 10.2 Å². The summed E-state index contributed by atoms with van der Waals surface area (Å²) >= 11 is 0. The Bertz CT molecular complexity index is 2110. The van der Waals surface area contributed by atoms with Crippen LogP contribution in [0, 0.1) is 34.5 Å². The van der Waals surface area contributed by atoms with Gasteiger partial charge in [0.2, 0.25) is 0 Å². The van der Waals surface area contributed by atoms with Gasteiger partial charge < -0.3 is 19.3 Å². The first-order valence-electron chi connectivity index (χ1n) is 24.8. The molecule has 4 aromatic rings. The number of aromatic nitrogens is 6. The minimum Gasteiger partial charge on any atom is -0.490 e. The summed E-state index contributed by atoms with van der Waals surface area (Å²) in [5.74, 6) is 2.49. The van der Waals surface area contributed by atoms with Crippen LogP contribution in [0.5, 0.6) is 11.5 Å². The zero-order chi connectivity index (χ0) is 46.8. The third kappa shape index (κ3) is 13.9. The Balaban J connectivity index is 0.000000197.